The molecule has 3 aromatic carbocycles. The van der Waals surface area contributed by atoms with E-state index in [-0.39, 0.29) is 10.6 Å². The topological polar surface area (TPSA) is 59.9 Å². The second-order valence-electron chi connectivity index (χ2n) is 6.80. The van der Waals surface area contributed by atoms with Gasteiger partial charge in [-0.15, -0.1) is 0 Å². The van der Waals surface area contributed by atoms with Gasteiger partial charge in [0.05, 0.1) is 27.9 Å². The van der Waals surface area contributed by atoms with Gasteiger partial charge in [0.2, 0.25) is 0 Å². The zero-order valence-corrected chi connectivity index (χ0v) is 20.6. The summed E-state index contributed by atoms with van der Waals surface area (Å²) in [5.74, 6) is 0.735. The van der Waals surface area contributed by atoms with E-state index in [1.807, 2.05) is 44.2 Å². The number of hydrogen-bond acceptors (Lipinski definition) is 4. The summed E-state index contributed by atoms with van der Waals surface area (Å²) in [5.41, 5.74) is 5.71. The molecular formula is C24H21BrCl2N2O3. The van der Waals surface area contributed by atoms with E-state index in [0.717, 1.165) is 11.1 Å². The normalized spacial score (nSPS) is 10.9. The number of amides is 1. The Morgan fingerprint density at radius 1 is 1.12 bits per heavy atom. The lowest BCUT2D eigenvalue weighted by atomic mass is 10.1. The van der Waals surface area contributed by atoms with E-state index in [0.29, 0.717) is 39.8 Å². The van der Waals surface area contributed by atoms with E-state index in [1.54, 1.807) is 18.2 Å². The van der Waals surface area contributed by atoms with Crippen molar-refractivity contribution in [2.75, 3.05) is 6.61 Å². The third-order valence-corrected chi connectivity index (χ3v) is 5.66. The standard InChI is InChI=1S/C24H21BrCl2N2O3/c1-3-31-22-11-16(13-28-29-24(30)19-9-8-18(26)12-21(19)27)10-20(25)23(22)32-14-17-7-5-4-6-15(17)2/h4-13H,3,14H2,1-2H3,(H,29,30)/b28-13-. The maximum Gasteiger partial charge on any atom is 0.272 e. The van der Waals surface area contributed by atoms with E-state index in [2.05, 4.69) is 26.5 Å². The lowest BCUT2D eigenvalue weighted by Crippen LogP contribution is -2.18. The molecule has 0 bridgehead atoms. The van der Waals surface area contributed by atoms with Crippen molar-refractivity contribution in [3.8, 4) is 11.5 Å². The molecule has 32 heavy (non-hydrogen) atoms. The Kier molecular flexibility index (Phi) is 8.56. The number of benzene rings is 3. The molecule has 0 unspecified atom stereocenters. The third-order valence-electron chi connectivity index (χ3n) is 4.52. The highest BCUT2D eigenvalue weighted by atomic mass is 79.9. The minimum Gasteiger partial charge on any atom is -0.490 e. The molecule has 3 rings (SSSR count). The van der Waals surface area contributed by atoms with Crippen molar-refractivity contribution in [2.24, 2.45) is 5.10 Å². The van der Waals surface area contributed by atoms with Crippen molar-refractivity contribution < 1.29 is 14.3 Å². The number of hydrogen-bond donors (Lipinski definition) is 1. The van der Waals surface area contributed by atoms with Crippen LogP contribution in [0.5, 0.6) is 11.5 Å². The fourth-order valence-corrected chi connectivity index (χ4v) is 3.96. The highest BCUT2D eigenvalue weighted by molar-refractivity contribution is 9.10. The number of nitrogens with zero attached hydrogens (tertiary/aromatic N) is 1. The molecule has 1 N–H and O–H groups in total. The maximum absolute atomic E-state index is 12.3. The van der Waals surface area contributed by atoms with Crippen LogP contribution in [0.3, 0.4) is 0 Å². The molecule has 8 heteroatoms. The largest absolute Gasteiger partial charge is 0.490 e. The van der Waals surface area contributed by atoms with Gasteiger partial charge < -0.3 is 9.47 Å². The van der Waals surface area contributed by atoms with Crippen molar-refractivity contribution in [3.63, 3.8) is 0 Å². The number of nitrogens with one attached hydrogen (secondary N) is 1. The van der Waals surface area contributed by atoms with Gasteiger partial charge >= 0.3 is 0 Å². The SMILES string of the molecule is CCOc1cc(/C=N\NC(=O)c2ccc(Cl)cc2Cl)cc(Br)c1OCc1ccccc1C. The van der Waals surface area contributed by atoms with Crippen LogP contribution >= 0.6 is 39.1 Å². The Morgan fingerprint density at radius 2 is 1.91 bits per heavy atom. The van der Waals surface area contributed by atoms with Crippen molar-refractivity contribution >= 4 is 51.3 Å². The highest BCUT2D eigenvalue weighted by Gasteiger charge is 2.13. The quantitative estimate of drug-likeness (QED) is 0.254. The summed E-state index contributed by atoms with van der Waals surface area (Å²) in [6, 6.07) is 16.3. The van der Waals surface area contributed by atoms with Crippen LogP contribution in [0, 0.1) is 6.92 Å². The molecule has 0 saturated carbocycles. The van der Waals surface area contributed by atoms with Crippen molar-refractivity contribution in [1.29, 1.82) is 0 Å². The lowest BCUT2D eigenvalue weighted by molar-refractivity contribution is 0.0955. The molecule has 0 saturated heterocycles. The Bertz CT molecular complexity index is 1150. The van der Waals surface area contributed by atoms with E-state index in [9.17, 15) is 4.79 Å². The monoisotopic (exact) mass is 534 g/mol. The first kappa shape index (κ1) is 24.1. The third kappa shape index (κ3) is 6.25. The molecule has 0 fully saturated rings. The van der Waals surface area contributed by atoms with Crippen LogP contribution in [0.25, 0.3) is 0 Å². The smallest absolute Gasteiger partial charge is 0.272 e. The second-order valence-corrected chi connectivity index (χ2v) is 8.50. The van der Waals surface area contributed by atoms with Gasteiger partial charge in [0, 0.05) is 5.02 Å². The highest BCUT2D eigenvalue weighted by Crippen LogP contribution is 2.37. The van der Waals surface area contributed by atoms with E-state index in [1.165, 1.54) is 12.3 Å². The van der Waals surface area contributed by atoms with Gasteiger partial charge in [0.15, 0.2) is 11.5 Å². The Hall–Kier alpha value is -2.54. The summed E-state index contributed by atoms with van der Waals surface area (Å²) in [7, 11) is 0. The summed E-state index contributed by atoms with van der Waals surface area (Å²) in [4.78, 5) is 12.3. The number of ether oxygens (including phenoxy) is 2. The average molecular weight is 536 g/mol. The zero-order chi connectivity index (χ0) is 23.1. The molecule has 0 aliphatic heterocycles. The first-order valence-electron chi connectivity index (χ1n) is 9.81. The average Bonchev–Trinajstić information content (AvgIpc) is 2.74. The molecule has 0 aliphatic carbocycles. The molecule has 0 aromatic heterocycles. The zero-order valence-electron chi connectivity index (χ0n) is 17.5. The van der Waals surface area contributed by atoms with Gasteiger partial charge in [0.1, 0.15) is 6.61 Å². The summed E-state index contributed by atoms with van der Waals surface area (Å²) >= 11 is 15.5. The van der Waals surface area contributed by atoms with Crippen LogP contribution in [0.4, 0.5) is 0 Å². The Labute approximate surface area is 205 Å². The Balaban J connectivity index is 1.74. The first-order chi connectivity index (χ1) is 15.4. The van der Waals surface area contributed by atoms with E-state index >= 15 is 0 Å². The van der Waals surface area contributed by atoms with Crippen LogP contribution in [0.1, 0.15) is 34.0 Å². The minimum atomic E-state index is -0.440. The van der Waals surface area contributed by atoms with Gasteiger partial charge in [-0.3, -0.25) is 4.79 Å². The molecule has 1 amide bonds. The first-order valence-corrected chi connectivity index (χ1v) is 11.4. The molecule has 0 spiro atoms. The van der Waals surface area contributed by atoms with Crippen molar-refractivity contribution in [2.45, 2.75) is 20.5 Å². The van der Waals surface area contributed by atoms with Gasteiger partial charge in [0.25, 0.3) is 5.91 Å². The molecule has 0 radical (unpaired) electrons. The predicted octanol–water partition coefficient (Wildman–Crippen LogP) is 6.81. The maximum atomic E-state index is 12.3. The van der Waals surface area contributed by atoms with Crippen LogP contribution in [-0.2, 0) is 6.61 Å². The van der Waals surface area contributed by atoms with Crippen LogP contribution < -0.4 is 14.9 Å². The molecule has 0 aliphatic rings. The molecule has 0 heterocycles. The van der Waals surface area contributed by atoms with Gasteiger partial charge in [-0.2, -0.15) is 5.10 Å². The summed E-state index contributed by atoms with van der Waals surface area (Å²) in [6.45, 7) is 4.83. The number of halogens is 3. The lowest BCUT2D eigenvalue weighted by Gasteiger charge is -2.15. The number of hydrazone groups is 1. The number of aryl methyl sites for hydroxylation is 1. The van der Waals surface area contributed by atoms with Crippen LogP contribution in [0.2, 0.25) is 10.0 Å². The molecule has 0 atom stereocenters. The molecular weight excluding hydrogens is 515 g/mol. The van der Waals surface area contributed by atoms with Crippen molar-refractivity contribution in [1.82, 2.24) is 5.43 Å². The minimum absolute atomic E-state index is 0.252. The van der Waals surface area contributed by atoms with Crippen molar-refractivity contribution in [3.05, 3.63) is 91.4 Å². The van der Waals surface area contributed by atoms with Crippen LogP contribution in [0.15, 0.2) is 64.2 Å². The fraction of sp³-hybridized carbons (Fsp3) is 0.167. The second kappa shape index (κ2) is 11.4. The summed E-state index contributed by atoms with van der Waals surface area (Å²) in [6.07, 6.45) is 1.51. The summed E-state index contributed by atoms with van der Waals surface area (Å²) in [5, 5.41) is 4.73. The van der Waals surface area contributed by atoms with Gasteiger partial charge in [-0.1, -0.05) is 47.5 Å². The number of carbonyl (C=O) groups is 1. The van der Waals surface area contributed by atoms with Gasteiger partial charge in [-0.25, -0.2) is 5.43 Å². The summed E-state index contributed by atoms with van der Waals surface area (Å²) < 4.78 is 12.5. The van der Waals surface area contributed by atoms with E-state index in [4.69, 9.17) is 32.7 Å². The molecule has 3 aromatic rings. The van der Waals surface area contributed by atoms with Crippen LogP contribution in [-0.4, -0.2) is 18.7 Å². The number of carbonyl (C=O) groups excluding carboxylic acids is 1. The van der Waals surface area contributed by atoms with E-state index < -0.39 is 5.91 Å². The molecule has 166 valence electrons. The number of rotatable bonds is 8. The molecule has 5 nitrogen and oxygen atoms in total. The Morgan fingerprint density at radius 3 is 2.62 bits per heavy atom. The fourth-order valence-electron chi connectivity index (χ4n) is 2.89. The van der Waals surface area contributed by atoms with Gasteiger partial charge in [-0.05, 0) is 76.8 Å². The predicted molar refractivity (Wildman–Crippen MR) is 132 cm³/mol.